The smallest absolute Gasteiger partial charge is 0.319 e. The number of fused-ring (bicyclic) bond motifs is 1. The normalized spacial score (nSPS) is 23.5. The van der Waals surface area contributed by atoms with Crippen molar-refractivity contribution in [3.05, 3.63) is 23.8 Å². The van der Waals surface area contributed by atoms with E-state index >= 15 is 0 Å². The van der Waals surface area contributed by atoms with Crippen molar-refractivity contribution in [3.63, 3.8) is 0 Å². The van der Waals surface area contributed by atoms with Gasteiger partial charge in [0.1, 0.15) is 5.75 Å². The Bertz CT molecular complexity index is 1060. The van der Waals surface area contributed by atoms with Crippen LogP contribution in [0.5, 0.6) is 5.75 Å². The Morgan fingerprint density at radius 2 is 1.77 bits per heavy atom. The molecule has 0 saturated heterocycles. The Morgan fingerprint density at radius 1 is 1.07 bits per heavy atom. The molecule has 10 nitrogen and oxygen atoms in total. The number of likely N-dealkylation sites (N-methyl/N-ethyl adjacent to an activating group) is 1. The van der Waals surface area contributed by atoms with Crippen LogP contribution in [0.4, 0.5) is 10.5 Å². The fraction of sp³-hybridized carbons (Fsp3) is 0.727. The molecule has 1 saturated carbocycles. The van der Waals surface area contributed by atoms with Gasteiger partial charge in [0.25, 0.3) is 5.91 Å². The first-order valence-corrected chi connectivity index (χ1v) is 16.2. The predicted molar refractivity (Wildman–Crippen MR) is 168 cm³/mol. The number of aliphatic hydroxyl groups is 1. The second-order valence-corrected chi connectivity index (χ2v) is 12.8. The Labute approximate surface area is 257 Å². The number of amides is 4. The summed E-state index contributed by atoms with van der Waals surface area (Å²) >= 11 is 0. The molecule has 1 aromatic carbocycles. The lowest BCUT2D eigenvalue weighted by Crippen LogP contribution is -2.48. The molecular formula is C33H54N4O6. The maximum absolute atomic E-state index is 14.2. The van der Waals surface area contributed by atoms with E-state index in [0.29, 0.717) is 36.7 Å². The molecule has 1 aliphatic heterocycles. The maximum Gasteiger partial charge on any atom is 0.319 e. The van der Waals surface area contributed by atoms with E-state index in [4.69, 9.17) is 9.47 Å². The van der Waals surface area contributed by atoms with Crippen LogP contribution in [-0.2, 0) is 9.53 Å². The van der Waals surface area contributed by atoms with Crippen LogP contribution in [0.15, 0.2) is 18.2 Å². The lowest BCUT2D eigenvalue weighted by atomic mass is 9.88. The van der Waals surface area contributed by atoms with Crippen LogP contribution in [0.25, 0.3) is 0 Å². The average Bonchev–Trinajstić information content (AvgIpc) is 2.98. The largest absolute Gasteiger partial charge is 0.490 e. The third kappa shape index (κ3) is 10.4. The van der Waals surface area contributed by atoms with Gasteiger partial charge in [-0.1, -0.05) is 26.2 Å². The van der Waals surface area contributed by atoms with E-state index in [0.717, 1.165) is 44.9 Å². The molecule has 1 fully saturated rings. The summed E-state index contributed by atoms with van der Waals surface area (Å²) in [6, 6.07) is 4.21. The zero-order chi connectivity index (χ0) is 31.5. The first kappa shape index (κ1) is 34.6. The van der Waals surface area contributed by atoms with Gasteiger partial charge in [-0.25, -0.2) is 4.79 Å². The van der Waals surface area contributed by atoms with E-state index in [1.54, 1.807) is 23.1 Å². The summed E-state index contributed by atoms with van der Waals surface area (Å²) in [5, 5.41) is 15.8. The molecule has 1 heterocycles. The highest BCUT2D eigenvalue weighted by atomic mass is 16.5. The Hall–Kier alpha value is -2.85. The molecule has 1 aromatic rings. The molecule has 3 N–H and O–H groups in total. The second kappa shape index (κ2) is 16.9. The van der Waals surface area contributed by atoms with Gasteiger partial charge in [0.2, 0.25) is 5.91 Å². The first-order chi connectivity index (χ1) is 20.5. The summed E-state index contributed by atoms with van der Waals surface area (Å²) < 4.78 is 12.7. The molecule has 0 bridgehead atoms. The highest BCUT2D eigenvalue weighted by Crippen LogP contribution is 2.29. The van der Waals surface area contributed by atoms with Gasteiger partial charge < -0.3 is 35.0 Å². The van der Waals surface area contributed by atoms with E-state index in [-0.39, 0.29) is 54.5 Å². The fourth-order valence-electron chi connectivity index (χ4n) is 5.91. The summed E-state index contributed by atoms with van der Waals surface area (Å²) in [6.07, 6.45) is 7.38. The predicted octanol–water partition coefficient (Wildman–Crippen LogP) is 5.05. The minimum absolute atomic E-state index is 0.0438. The zero-order valence-electron chi connectivity index (χ0n) is 27.1. The molecule has 0 aromatic heterocycles. The molecular weight excluding hydrogens is 548 g/mol. The first-order valence-electron chi connectivity index (χ1n) is 16.2. The number of benzene rings is 1. The second-order valence-electron chi connectivity index (χ2n) is 12.8. The van der Waals surface area contributed by atoms with Gasteiger partial charge in [0.05, 0.1) is 30.4 Å². The van der Waals surface area contributed by atoms with Gasteiger partial charge in [-0.3, -0.25) is 9.59 Å². The topological polar surface area (TPSA) is 120 Å². The summed E-state index contributed by atoms with van der Waals surface area (Å²) in [6.45, 7) is 10.7. The van der Waals surface area contributed by atoms with E-state index in [1.165, 1.54) is 6.42 Å². The van der Waals surface area contributed by atoms with Crippen molar-refractivity contribution >= 4 is 23.5 Å². The lowest BCUT2D eigenvalue weighted by Gasteiger charge is -2.36. The summed E-state index contributed by atoms with van der Waals surface area (Å²) in [4.78, 5) is 43.4. The van der Waals surface area contributed by atoms with Crippen molar-refractivity contribution in [2.24, 2.45) is 11.8 Å². The Morgan fingerprint density at radius 3 is 2.44 bits per heavy atom. The Balaban J connectivity index is 1.90. The number of hydrogen-bond donors (Lipinski definition) is 3. The average molecular weight is 603 g/mol. The molecule has 3 rings (SSSR count). The van der Waals surface area contributed by atoms with Crippen molar-refractivity contribution in [1.82, 2.24) is 15.1 Å². The van der Waals surface area contributed by atoms with Gasteiger partial charge in [0, 0.05) is 50.3 Å². The number of rotatable bonds is 7. The molecule has 4 atom stereocenters. The summed E-state index contributed by atoms with van der Waals surface area (Å²) in [7, 11) is 1.86. The molecule has 242 valence electrons. The lowest BCUT2D eigenvalue weighted by molar-refractivity contribution is -0.137. The third-order valence-electron chi connectivity index (χ3n) is 8.51. The number of nitrogens with zero attached hydrogens (tertiary/aromatic N) is 2. The molecule has 0 spiro atoms. The van der Waals surface area contributed by atoms with Crippen LogP contribution in [-0.4, -0.2) is 90.4 Å². The quantitative estimate of drug-likeness (QED) is 0.402. The molecule has 0 radical (unpaired) electrons. The SMILES string of the molecule is CC(C)NC(=O)Nc1ccc2c(c1)C(=O)N([C@H](C)CO)C[C@H](C)[C@H](CN(C)C(=O)C1CCCCC1)OCCCC[C@@H](C)O2. The number of hydrogen-bond acceptors (Lipinski definition) is 6. The number of carbonyl (C=O) groups excluding carboxylic acids is 3. The number of aliphatic hydroxyl groups excluding tert-OH is 1. The number of anilines is 1. The van der Waals surface area contributed by atoms with Gasteiger partial charge in [-0.15, -0.1) is 0 Å². The van der Waals surface area contributed by atoms with Crippen LogP contribution >= 0.6 is 0 Å². The summed E-state index contributed by atoms with van der Waals surface area (Å²) in [5.74, 6) is 0.268. The third-order valence-corrected chi connectivity index (χ3v) is 8.51. The van der Waals surface area contributed by atoms with Crippen molar-refractivity contribution in [3.8, 4) is 5.75 Å². The van der Waals surface area contributed by atoms with Gasteiger partial charge in [0.15, 0.2) is 0 Å². The van der Waals surface area contributed by atoms with Crippen molar-refractivity contribution in [2.45, 2.75) is 110 Å². The number of ether oxygens (including phenoxy) is 2. The highest BCUT2D eigenvalue weighted by Gasteiger charge is 2.32. The fourth-order valence-corrected chi connectivity index (χ4v) is 5.91. The number of nitrogens with one attached hydrogen (secondary N) is 2. The van der Waals surface area contributed by atoms with Gasteiger partial charge >= 0.3 is 6.03 Å². The highest BCUT2D eigenvalue weighted by molar-refractivity contribution is 5.99. The van der Waals surface area contributed by atoms with E-state index < -0.39 is 6.04 Å². The number of carbonyl (C=O) groups is 3. The molecule has 4 amide bonds. The van der Waals surface area contributed by atoms with Crippen molar-refractivity contribution < 1.29 is 29.0 Å². The van der Waals surface area contributed by atoms with Crippen LogP contribution in [0, 0.1) is 11.8 Å². The van der Waals surface area contributed by atoms with Gasteiger partial charge in [-0.05, 0) is 78.0 Å². The molecule has 2 aliphatic rings. The Kier molecular flexibility index (Phi) is 13.6. The minimum atomic E-state index is -0.476. The molecule has 1 aliphatic carbocycles. The molecule has 10 heteroatoms. The maximum atomic E-state index is 14.2. The zero-order valence-corrected chi connectivity index (χ0v) is 27.1. The minimum Gasteiger partial charge on any atom is -0.490 e. The molecule has 43 heavy (non-hydrogen) atoms. The van der Waals surface area contributed by atoms with Crippen LogP contribution < -0.4 is 15.4 Å². The molecule has 0 unspecified atom stereocenters. The van der Waals surface area contributed by atoms with Gasteiger partial charge in [-0.2, -0.15) is 0 Å². The van der Waals surface area contributed by atoms with Crippen molar-refractivity contribution in [2.75, 3.05) is 38.7 Å². The standard InChI is InChI=1S/C33H54N4O6/c1-22(2)34-33(41)35-27-15-16-29-28(18-27)32(40)37(24(4)21-38)19-23(3)30(42-17-11-10-12-25(5)43-29)20-36(6)31(39)26-13-8-7-9-14-26/h15-16,18,22-26,30,38H,7-14,17,19-21H2,1-6H3,(H2,34,35,41)/t23-,24+,25+,30-/m0/s1. The van der Waals surface area contributed by atoms with E-state index in [9.17, 15) is 19.5 Å². The van der Waals surface area contributed by atoms with Crippen LogP contribution in [0.3, 0.4) is 0 Å². The monoisotopic (exact) mass is 602 g/mol. The summed E-state index contributed by atoms with van der Waals surface area (Å²) in [5.41, 5.74) is 0.789. The van der Waals surface area contributed by atoms with Crippen molar-refractivity contribution in [1.29, 1.82) is 0 Å². The van der Waals surface area contributed by atoms with Crippen LogP contribution in [0.2, 0.25) is 0 Å². The van der Waals surface area contributed by atoms with E-state index in [1.807, 2.05) is 46.6 Å². The number of urea groups is 1. The van der Waals surface area contributed by atoms with Crippen LogP contribution in [0.1, 0.15) is 96.3 Å². The van der Waals surface area contributed by atoms with E-state index in [2.05, 4.69) is 10.6 Å².